The van der Waals surface area contributed by atoms with Crippen LogP contribution in [0.4, 0.5) is 0 Å². The summed E-state index contributed by atoms with van der Waals surface area (Å²) in [6, 6.07) is 7.69. The summed E-state index contributed by atoms with van der Waals surface area (Å²) in [5.74, 6) is -0.0550. The molecule has 2 amide bonds. The molecule has 0 bridgehead atoms. The van der Waals surface area contributed by atoms with E-state index >= 15 is 0 Å². The zero-order chi connectivity index (χ0) is 18.4. The van der Waals surface area contributed by atoms with Crippen LogP contribution in [0.25, 0.3) is 0 Å². The normalized spacial score (nSPS) is 11.9. The van der Waals surface area contributed by atoms with E-state index in [2.05, 4.69) is 31.4 Å². The zero-order valence-corrected chi connectivity index (χ0v) is 16.0. The smallest absolute Gasteiger partial charge is 0.251 e. The molecular formula is C20H32N2O2. The second-order valence-corrected chi connectivity index (χ2v) is 7.61. The third kappa shape index (κ3) is 5.36. The molecule has 4 nitrogen and oxygen atoms in total. The summed E-state index contributed by atoms with van der Waals surface area (Å²) in [5.41, 5.74) is 1.46. The molecule has 0 aliphatic rings. The molecule has 0 aromatic heterocycles. The van der Waals surface area contributed by atoms with Crippen LogP contribution in [0, 0.1) is 5.41 Å². The van der Waals surface area contributed by atoms with Crippen LogP contribution in [0.15, 0.2) is 24.3 Å². The van der Waals surface area contributed by atoms with Crippen molar-refractivity contribution in [2.75, 3.05) is 13.1 Å². The number of rotatable bonds is 7. The minimum absolute atomic E-state index is 0.00895. The van der Waals surface area contributed by atoms with Crippen LogP contribution in [0.3, 0.4) is 0 Å². The SMILES string of the molecule is CCC(C)(CC)C(=O)NCCNC(=O)c1cccc(C(C)(C)C)c1. The summed E-state index contributed by atoms with van der Waals surface area (Å²) >= 11 is 0. The monoisotopic (exact) mass is 332 g/mol. The highest BCUT2D eigenvalue weighted by Crippen LogP contribution is 2.25. The van der Waals surface area contributed by atoms with Crippen LogP contribution in [0.1, 0.15) is 70.3 Å². The lowest BCUT2D eigenvalue weighted by Crippen LogP contribution is -2.42. The Morgan fingerprint density at radius 3 is 2.08 bits per heavy atom. The van der Waals surface area contributed by atoms with Crippen LogP contribution in [-0.4, -0.2) is 24.9 Å². The fourth-order valence-electron chi connectivity index (χ4n) is 2.37. The predicted molar refractivity (Wildman–Crippen MR) is 99.2 cm³/mol. The highest BCUT2D eigenvalue weighted by Gasteiger charge is 2.28. The van der Waals surface area contributed by atoms with E-state index in [1.165, 1.54) is 0 Å². The van der Waals surface area contributed by atoms with Crippen molar-refractivity contribution in [2.45, 2.75) is 59.8 Å². The van der Waals surface area contributed by atoms with E-state index in [9.17, 15) is 9.59 Å². The average molecular weight is 332 g/mol. The molecule has 0 saturated heterocycles. The van der Waals surface area contributed by atoms with E-state index in [1.54, 1.807) is 0 Å². The maximum absolute atomic E-state index is 12.3. The van der Waals surface area contributed by atoms with Crippen LogP contribution in [-0.2, 0) is 10.2 Å². The van der Waals surface area contributed by atoms with E-state index in [-0.39, 0.29) is 22.6 Å². The van der Waals surface area contributed by atoms with Gasteiger partial charge in [0.05, 0.1) is 0 Å². The molecule has 2 N–H and O–H groups in total. The molecule has 24 heavy (non-hydrogen) atoms. The molecule has 0 heterocycles. The summed E-state index contributed by atoms with van der Waals surface area (Å²) in [5, 5.41) is 5.78. The van der Waals surface area contributed by atoms with Crippen molar-refractivity contribution in [2.24, 2.45) is 5.41 Å². The topological polar surface area (TPSA) is 58.2 Å². The molecule has 0 atom stereocenters. The number of carbonyl (C=O) groups is 2. The number of nitrogens with one attached hydrogen (secondary N) is 2. The van der Waals surface area contributed by atoms with Crippen molar-refractivity contribution in [3.8, 4) is 0 Å². The van der Waals surface area contributed by atoms with Gasteiger partial charge < -0.3 is 10.6 Å². The third-order valence-electron chi connectivity index (χ3n) is 4.80. The van der Waals surface area contributed by atoms with Crippen LogP contribution in [0.5, 0.6) is 0 Å². The van der Waals surface area contributed by atoms with Gasteiger partial charge in [-0.25, -0.2) is 0 Å². The van der Waals surface area contributed by atoms with Gasteiger partial charge in [-0.3, -0.25) is 9.59 Å². The van der Waals surface area contributed by atoms with Crippen molar-refractivity contribution in [1.29, 1.82) is 0 Å². The van der Waals surface area contributed by atoms with Gasteiger partial charge in [-0.2, -0.15) is 0 Å². The summed E-state index contributed by atoms with van der Waals surface area (Å²) in [6.45, 7) is 13.3. The van der Waals surface area contributed by atoms with Gasteiger partial charge in [-0.15, -0.1) is 0 Å². The van der Waals surface area contributed by atoms with Crippen LogP contribution >= 0.6 is 0 Å². The Morgan fingerprint density at radius 1 is 0.958 bits per heavy atom. The standard InChI is InChI=1S/C20H32N2O2/c1-7-20(6,8-2)18(24)22-13-12-21-17(23)15-10-9-11-16(14-15)19(3,4)5/h9-11,14H,7-8,12-13H2,1-6H3,(H,21,23)(H,22,24). The highest BCUT2D eigenvalue weighted by molar-refractivity contribution is 5.94. The van der Waals surface area contributed by atoms with Crippen molar-refractivity contribution < 1.29 is 9.59 Å². The first-order chi connectivity index (χ1) is 11.1. The Morgan fingerprint density at radius 2 is 1.54 bits per heavy atom. The average Bonchev–Trinajstić information content (AvgIpc) is 2.56. The maximum atomic E-state index is 12.3. The Bertz CT molecular complexity index is 569. The molecule has 0 aliphatic heterocycles. The lowest BCUT2D eigenvalue weighted by Gasteiger charge is -2.25. The first-order valence-electron chi connectivity index (χ1n) is 8.81. The molecule has 0 fully saturated rings. The van der Waals surface area contributed by atoms with Crippen molar-refractivity contribution in [3.05, 3.63) is 35.4 Å². The zero-order valence-electron chi connectivity index (χ0n) is 16.0. The third-order valence-corrected chi connectivity index (χ3v) is 4.80. The fraction of sp³-hybridized carbons (Fsp3) is 0.600. The Kier molecular flexibility index (Phi) is 7.00. The second-order valence-electron chi connectivity index (χ2n) is 7.61. The van der Waals surface area contributed by atoms with Crippen molar-refractivity contribution >= 4 is 11.8 Å². The number of carbonyl (C=O) groups excluding carboxylic acids is 2. The number of amides is 2. The molecule has 0 unspecified atom stereocenters. The Labute approximate surface area is 146 Å². The van der Waals surface area contributed by atoms with Gasteiger partial charge in [-0.05, 0) is 36.0 Å². The first kappa shape index (κ1) is 20.2. The quantitative estimate of drug-likeness (QED) is 0.749. The predicted octanol–water partition coefficient (Wildman–Crippen LogP) is 3.66. The van der Waals surface area contributed by atoms with E-state index < -0.39 is 0 Å². The van der Waals surface area contributed by atoms with Crippen molar-refractivity contribution in [1.82, 2.24) is 10.6 Å². The molecular weight excluding hydrogens is 300 g/mol. The summed E-state index contributed by atoms with van der Waals surface area (Å²) in [6.07, 6.45) is 1.61. The molecule has 1 aromatic carbocycles. The molecule has 0 saturated carbocycles. The lowest BCUT2D eigenvalue weighted by molar-refractivity contribution is -0.130. The molecule has 0 spiro atoms. The first-order valence-corrected chi connectivity index (χ1v) is 8.81. The number of benzene rings is 1. The number of hydrogen-bond acceptors (Lipinski definition) is 2. The summed E-state index contributed by atoms with van der Waals surface area (Å²) in [7, 11) is 0. The fourth-order valence-corrected chi connectivity index (χ4v) is 2.37. The molecule has 1 aromatic rings. The molecule has 134 valence electrons. The number of hydrogen-bond donors (Lipinski definition) is 2. The van der Waals surface area contributed by atoms with Gasteiger partial charge in [-0.1, -0.05) is 53.7 Å². The lowest BCUT2D eigenvalue weighted by atomic mass is 9.84. The minimum atomic E-state index is -0.328. The summed E-state index contributed by atoms with van der Waals surface area (Å²) < 4.78 is 0. The van der Waals surface area contributed by atoms with E-state index in [0.29, 0.717) is 18.7 Å². The van der Waals surface area contributed by atoms with E-state index in [0.717, 1.165) is 18.4 Å². The largest absolute Gasteiger partial charge is 0.354 e. The molecule has 1 rings (SSSR count). The molecule has 4 heteroatoms. The van der Waals surface area contributed by atoms with Gasteiger partial charge in [0, 0.05) is 24.1 Å². The van der Waals surface area contributed by atoms with Gasteiger partial charge in [0.15, 0.2) is 0 Å². The Hall–Kier alpha value is -1.84. The highest BCUT2D eigenvalue weighted by atomic mass is 16.2. The van der Waals surface area contributed by atoms with Gasteiger partial charge in [0.25, 0.3) is 5.91 Å². The molecule has 0 aliphatic carbocycles. The maximum Gasteiger partial charge on any atom is 0.251 e. The molecule has 0 radical (unpaired) electrons. The second kappa shape index (κ2) is 8.32. The summed E-state index contributed by atoms with van der Waals surface area (Å²) in [4.78, 5) is 24.4. The van der Waals surface area contributed by atoms with Gasteiger partial charge >= 0.3 is 0 Å². The Balaban J connectivity index is 2.52. The van der Waals surface area contributed by atoms with E-state index in [4.69, 9.17) is 0 Å². The minimum Gasteiger partial charge on any atom is -0.354 e. The van der Waals surface area contributed by atoms with Gasteiger partial charge in [0.1, 0.15) is 0 Å². The van der Waals surface area contributed by atoms with Crippen LogP contribution < -0.4 is 10.6 Å². The van der Waals surface area contributed by atoms with E-state index in [1.807, 2.05) is 45.0 Å². The van der Waals surface area contributed by atoms with Crippen molar-refractivity contribution in [3.63, 3.8) is 0 Å². The van der Waals surface area contributed by atoms with Gasteiger partial charge in [0.2, 0.25) is 5.91 Å². The van der Waals surface area contributed by atoms with Crippen LogP contribution in [0.2, 0.25) is 0 Å².